The molecule has 11 rings (SSSR count). The Kier molecular flexibility index (Phi) is 5.57. The van der Waals surface area contributed by atoms with Crippen molar-refractivity contribution in [3.63, 3.8) is 0 Å². The van der Waals surface area contributed by atoms with E-state index in [1.807, 2.05) is 11.3 Å². The molecule has 0 radical (unpaired) electrons. The third-order valence-corrected chi connectivity index (χ3v) is 11.4. The van der Waals surface area contributed by atoms with Crippen LogP contribution in [0.4, 0.5) is 0 Å². The van der Waals surface area contributed by atoms with E-state index in [0.29, 0.717) is 0 Å². The average Bonchev–Trinajstić information content (AvgIpc) is 3.55. The van der Waals surface area contributed by atoms with Gasteiger partial charge in [-0.05, 0) is 34.5 Å². The highest BCUT2D eigenvalue weighted by molar-refractivity contribution is 7.26. The molecular weight excluding hydrogens is 613 g/mol. The molecule has 0 fully saturated rings. The second-order valence-corrected chi connectivity index (χ2v) is 13.9. The number of pyridine rings is 2. The molecule has 0 aliphatic heterocycles. The van der Waals surface area contributed by atoms with Crippen molar-refractivity contribution in [1.29, 1.82) is 0 Å². The Hall–Kier alpha value is -6.16. The average molecular weight is 639 g/mol. The summed E-state index contributed by atoms with van der Waals surface area (Å²) in [5, 5.41) is 13.3. The normalized spacial score (nSPS) is 12.1. The number of hydrogen-bond acceptors (Lipinski definition) is 3. The van der Waals surface area contributed by atoms with Crippen LogP contribution >= 0.6 is 11.3 Å². The van der Waals surface area contributed by atoms with Gasteiger partial charge in [0.05, 0.1) is 22.2 Å². The first kappa shape index (κ1) is 26.9. The van der Waals surface area contributed by atoms with Crippen LogP contribution in [0.5, 0.6) is 0 Å². The van der Waals surface area contributed by atoms with E-state index < -0.39 is 0 Å². The van der Waals surface area contributed by atoms with Crippen LogP contribution < -0.4 is 0 Å². The first-order chi connectivity index (χ1) is 24.3. The van der Waals surface area contributed by atoms with Crippen molar-refractivity contribution < 1.29 is 0 Å². The Morgan fingerprint density at radius 3 is 1.73 bits per heavy atom. The zero-order valence-electron chi connectivity index (χ0n) is 26.3. The van der Waals surface area contributed by atoms with Gasteiger partial charge in [0.2, 0.25) is 0 Å². The van der Waals surface area contributed by atoms with Gasteiger partial charge < -0.3 is 0 Å². The van der Waals surface area contributed by atoms with E-state index in [2.05, 4.69) is 158 Å². The second-order valence-electron chi connectivity index (χ2n) is 12.9. The highest BCUT2D eigenvalue weighted by Gasteiger charge is 2.19. The summed E-state index contributed by atoms with van der Waals surface area (Å²) in [5.41, 5.74) is 7.55. The quantitative estimate of drug-likeness (QED) is 0.139. The van der Waals surface area contributed by atoms with E-state index in [0.717, 1.165) is 44.1 Å². The van der Waals surface area contributed by atoms with Gasteiger partial charge in [-0.2, -0.15) is 0 Å². The van der Waals surface area contributed by atoms with Crippen LogP contribution in [0.15, 0.2) is 158 Å². The maximum atomic E-state index is 5.41. The predicted octanol–water partition coefficient (Wildman–Crippen LogP) is 13.1. The van der Waals surface area contributed by atoms with Gasteiger partial charge in [-0.1, -0.05) is 140 Å². The minimum absolute atomic E-state index is 1.01. The number of rotatable bonds is 2. The molecule has 0 saturated carbocycles. The Morgan fingerprint density at radius 2 is 0.980 bits per heavy atom. The molecule has 0 amide bonds. The molecule has 11 aromatic rings. The van der Waals surface area contributed by atoms with Gasteiger partial charge in [-0.15, -0.1) is 11.3 Å². The van der Waals surface area contributed by atoms with Crippen LogP contribution in [-0.2, 0) is 0 Å². The molecule has 8 aromatic carbocycles. The van der Waals surface area contributed by atoms with Crippen molar-refractivity contribution in [2.45, 2.75) is 0 Å². The third kappa shape index (κ3) is 3.88. The van der Waals surface area contributed by atoms with Crippen LogP contribution in [0, 0.1) is 0 Å². The maximum absolute atomic E-state index is 5.41. The largest absolute Gasteiger partial charge is 0.247 e. The molecule has 3 heteroatoms. The maximum Gasteiger partial charge on any atom is 0.0794 e. The van der Waals surface area contributed by atoms with Gasteiger partial charge >= 0.3 is 0 Å². The van der Waals surface area contributed by atoms with Crippen molar-refractivity contribution in [3.05, 3.63) is 158 Å². The molecule has 226 valence electrons. The topological polar surface area (TPSA) is 25.8 Å². The van der Waals surface area contributed by atoms with Crippen LogP contribution in [0.3, 0.4) is 0 Å². The van der Waals surface area contributed by atoms with Gasteiger partial charge in [-0.25, -0.2) is 9.97 Å². The van der Waals surface area contributed by atoms with E-state index in [-0.39, 0.29) is 0 Å². The third-order valence-electron chi connectivity index (χ3n) is 10.2. The van der Waals surface area contributed by atoms with E-state index in [9.17, 15) is 0 Å². The molecule has 3 aromatic heterocycles. The van der Waals surface area contributed by atoms with Gasteiger partial charge in [-0.3, -0.25) is 0 Å². The van der Waals surface area contributed by atoms with Crippen molar-refractivity contribution in [2.24, 2.45) is 0 Å². The predicted molar refractivity (Wildman–Crippen MR) is 211 cm³/mol. The first-order valence-corrected chi connectivity index (χ1v) is 17.5. The Bertz CT molecular complexity index is 3080. The molecule has 49 heavy (non-hydrogen) atoms. The Labute approximate surface area is 285 Å². The summed E-state index contributed by atoms with van der Waals surface area (Å²) in [6.45, 7) is 0. The lowest BCUT2D eigenvalue weighted by Gasteiger charge is -2.16. The monoisotopic (exact) mass is 638 g/mol. The summed E-state index contributed by atoms with van der Waals surface area (Å²) in [7, 11) is 0. The Morgan fingerprint density at radius 1 is 0.388 bits per heavy atom. The molecule has 0 atom stereocenters. The molecule has 0 aliphatic carbocycles. The van der Waals surface area contributed by atoms with Gasteiger partial charge in [0, 0.05) is 69.0 Å². The highest BCUT2D eigenvalue weighted by atomic mass is 32.1. The minimum atomic E-state index is 1.01. The standard InChI is InChI=1S/C46H26N2S/c1-3-14-31-27(10-1)20-22-36-41(37-23-21-28-11-2-4-15-32(28)45(37)48-44(31)36)29-12-9-13-30(26-29)43-38-25-24-34-33-16-6-8-19-40(33)49-46(34)42(38)35-17-5-7-18-39(35)47-43/h1-26H. The summed E-state index contributed by atoms with van der Waals surface area (Å²) in [6, 6.07) is 57.0. The highest BCUT2D eigenvalue weighted by Crippen LogP contribution is 2.45. The van der Waals surface area contributed by atoms with Crippen molar-refractivity contribution in [1.82, 2.24) is 9.97 Å². The molecule has 0 aliphatic rings. The summed E-state index contributed by atoms with van der Waals surface area (Å²) in [4.78, 5) is 10.8. The summed E-state index contributed by atoms with van der Waals surface area (Å²) in [5.74, 6) is 0. The van der Waals surface area contributed by atoms with E-state index in [4.69, 9.17) is 9.97 Å². The number of nitrogens with zero attached hydrogens (tertiary/aromatic N) is 2. The summed E-state index contributed by atoms with van der Waals surface area (Å²) >= 11 is 1.88. The molecule has 0 spiro atoms. The minimum Gasteiger partial charge on any atom is -0.247 e. The van der Waals surface area contributed by atoms with Crippen molar-refractivity contribution in [3.8, 4) is 22.4 Å². The number of hydrogen-bond donors (Lipinski definition) is 0. The van der Waals surface area contributed by atoms with Crippen LogP contribution in [0.1, 0.15) is 0 Å². The fourth-order valence-corrected chi connectivity index (χ4v) is 9.25. The zero-order chi connectivity index (χ0) is 32.1. The van der Waals surface area contributed by atoms with Gasteiger partial charge in [0.15, 0.2) is 0 Å². The number of fused-ring (bicyclic) bond motifs is 13. The number of para-hydroxylation sites is 1. The molecule has 0 N–H and O–H groups in total. The van der Waals surface area contributed by atoms with E-state index in [1.165, 1.54) is 63.4 Å². The number of aromatic nitrogens is 2. The van der Waals surface area contributed by atoms with Crippen LogP contribution in [0.2, 0.25) is 0 Å². The lowest BCUT2D eigenvalue weighted by molar-refractivity contribution is 1.43. The van der Waals surface area contributed by atoms with Crippen molar-refractivity contribution >= 4 is 96.5 Å². The van der Waals surface area contributed by atoms with Crippen LogP contribution in [-0.4, -0.2) is 9.97 Å². The Balaban J connectivity index is 1.24. The number of benzene rings is 8. The number of thiophene rings is 1. The summed E-state index contributed by atoms with van der Waals surface area (Å²) in [6.07, 6.45) is 0. The molecule has 0 bridgehead atoms. The van der Waals surface area contributed by atoms with Gasteiger partial charge in [0.25, 0.3) is 0 Å². The fourth-order valence-electron chi connectivity index (χ4n) is 7.98. The smallest absolute Gasteiger partial charge is 0.0794 e. The molecule has 2 nitrogen and oxygen atoms in total. The first-order valence-electron chi connectivity index (χ1n) is 16.7. The summed E-state index contributed by atoms with van der Waals surface area (Å²) < 4.78 is 2.63. The fraction of sp³-hybridized carbons (Fsp3) is 0. The molecule has 3 heterocycles. The lowest BCUT2D eigenvalue weighted by Crippen LogP contribution is -1.93. The molecular formula is C46H26N2S. The SMILES string of the molecule is c1cc(-c2c3ccc4ccccc4c3nc3c2ccc2ccccc23)cc(-c2nc3ccccc3c3c2ccc2c4ccccc4sc23)c1. The van der Waals surface area contributed by atoms with Crippen LogP contribution in [0.25, 0.3) is 108 Å². The molecule has 0 unspecified atom stereocenters. The van der Waals surface area contributed by atoms with E-state index >= 15 is 0 Å². The lowest BCUT2D eigenvalue weighted by atomic mass is 9.91. The molecule has 0 saturated heterocycles. The van der Waals surface area contributed by atoms with E-state index in [1.54, 1.807) is 0 Å². The zero-order valence-corrected chi connectivity index (χ0v) is 27.1. The second kappa shape index (κ2) is 10.2. The van der Waals surface area contributed by atoms with Gasteiger partial charge in [0.1, 0.15) is 0 Å². The van der Waals surface area contributed by atoms with Crippen molar-refractivity contribution in [2.75, 3.05) is 0 Å².